The lowest BCUT2D eigenvalue weighted by atomic mass is 10.1. The zero-order chi connectivity index (χ0) is 19.0. The van der Waals surface area contributed by atoms with E-state index in [1.54, 1.807) is 30.5 Å². The number of allylic oxidation sites excluding steroid dienone is 3. The van der Waals surface area contributed by atoms with Crippen molar-refractivity contribution in [3.8, 4) is 5.88 Å². The molecular weight excluding hydrogens is 348 g/mol. The molecule has 0 unspecified atom stereocenters. The molecule has 144 valence electrons. The van der Waals surface area contributed by atoms with E-state index in [2.05, 4.69) is 30.2 Å². The van der Waals surface area contributed by atoms with E-state index in [0.29, 0.717) is 30.0 Å². The van der Waals surface area contributed by atoms with Crippen LogP contribution < -0.4 is 10.1 Å². The van der Waals surface area contributed by atoms with Crippen LogP contribution in [-0.4, -0.2) is 24.0 Å². The lowest BCUT2D eigenvalue weighted by Gasteiger charge is -2.04. The number of ether oxygens (including phenoxy) is 1. The van der Waals surface area contributed by atoms with Crippen LogP contribution in [0.15, 0.2) is 42.6 Å². The van der Waals surface area contributed by atoms with Crippen LogP contribution in [0.5, 0.6) is 5.88 Å². The summed E-state index contributed by atoms with van der Waals surface area (Å²) in [5, 5.41) is 3.47. The quantitative estimate of drug-likeness (QED) is 0.286. The third-order valence-electron chi connectivity index (χ3n) is 3.64. The van der Waals surface area contributed by atoms with Crippen molar-refractivity contribution in [2.45, 2.75) is 52.4 Å². The van der Waals surface area contributed by atoms with Gasteiger partial charge in [-0.3, -0.25) is 4.79 Å². The number of aromatic nitrogens is 1. The summed E-state index contributed by atoms with van der Waals surface area (Å²) in [6.07, 6.45) is 15.9. The van der Waals surface area contributed by atoms with E-state index in [1.807, 2.05) is 6.08 Å². The van der Waals surface area contributed by atoms with Gasteiger partial charge in [0, 0.05) is 24.9 Å². The molecule has 1 aromatic heterocycles. The van der Waals surface area contributed by atoms with Gasteiger partial charge >= 0.3 is 0 Å². The standard InChI is InChI=1S/C21H31ClN2O2/c1-18(2)16-23-20(25)12-10-8-6-4-3-5-7-9-11-15-26-21-14-13-19(22)17-24-21/h6,8,10,12-14,17-18H,3-5,7,9,11,15-16H2,1-2H3,(H,23,25)/b8-6+,12-10+. The van der Waals surface area contributed by atoms with Gasteiger partial charge in [0.2, 0.25) is 11.8 Å². The molecule has 0 aliphatic heterocycles. The SMILES string of the molecule is CC(C)CNC(=O)/C=C/C=C/CCCCCCCOc1ccc(Cl)cn1. The Labute approximate surface area is 162 Å². The first kappa shape index (κ1) is 22.2. The van der Waals surface area contributed by atoms with Crippen LogP contribution in [0.1, 0.15) is 52.4 Å². The second-order valence-corrected chi connectivity index (χ2v) is 7.08. The molecule has 0 bridgehead atoms. The largest absolute Gasteiger partial charge is 0.478 e. The molecule has 0 fully saturated rings. The molecule has 26 heavy (non-hydrogen) atoms. The van der Waals surface area contributed by atoms with Gasteiger partial charge in [-0.2, -0.15) is 0 Å². The van der Waals surface area contributed by atoms with E-state index in [4.69, 9.17) is 16.3 Å². The second kappa shape index (κ2) is 14.4. The first-order chi connectivity index (χ1) is 12.6. The molecule has 1 amide bonds. The Morgan fingerprint density at radius 1 is 1.19 bits per heavy atom. The van der Waals surface area contributed by atoms with E-state index in [9.17, 15) is 4.79 Å². The Morgan fingerprint density at radius 2 is 1.96 bits per heavy atom. The molecule has 1 aromatic rings. The Balaban J connectivity index is 1.92. The number of unbranched alkanes of at least 4 members (excludes halogenated alkanes) is 5. The number of pyridine rings is 1. The van der Waals surface area contributed by atoms with Crippen molar-refractivity contribution in [2.75, 3.05) is 13.2 Å². The molecule has 0 aliphatic carbocycles. The second-order valence-electron chi connectivity index (χ2n) is 6.65. The first-order valence-electron chi connectivity index (χ1n) is 9.43. The van der Waals surface area contributed by atoms with Gasteiger partial charge in [-0.25, -0.2) is 4.98 Å². The summed E-state index contributed by atoms with van der Waals surface area (Å²) in [6, 6.07) is 3.57. The zero-order valence-corrected chi connectivity index (χ0v) is 16.7. The van der Waals surface area contributed by atoms with Crippen LogP contribution in [0.2, 0.25) is 5.02 Å². The van der Waals surface area contributed by atoms with Gasteiger partial charge < -0.3 is 10.1 Å². The van der Waals surface area contributed by atoms with Crippen LogP contribution >= 0.6 is 11.6 Å². The van der Waals surface area contributed by atoms with Crippen molar-refractivity contribution in [1.82, 2.24) is 10.3 Å². The highest BCUT2D eigenvalue weighted by molar-refractivity contribution is 6.30. The van der Waals surface area contributed by atoms with Gasteiger partial charge in [-0.15, -0.1) is 0 Å². The number of nitrogens with zero attached hydrogens (tertiary/aromatic N) is 1. The van der Waals surface area contributed by atoms with Crippen LogP contribution in [0, 0.1) is 5.92 Å². The lowest BCUT2D eigenvalue weighted by molar-refractivity contribution is -0.116. The highest BCUT2D eigenvalue weighted by Crippen LogP contribution is 2.12. The maximum atomic E-state index is 11.5. The third-order valence-corrected chi connectivity index (χ3v) is 3.87. The van der Waals surface area contributed by atoms with Crippen LogP contribution in [-0.2, 0) is 4.79 Å². The monoisotopic (exact) mass is 378 g/mol. The first-order valence-corrected chi connectivity index (χ1v) is 9.81. The van der Waals surface area contributed by atoms with Gasteiger partial charge in [-0.1, -0.05) is 62.9 Å². The van der Waals surface area contributed by atoms with Gasteiger partial charge in [0.15, 0.2) is 0 Å². The molecule has 1 rings (SSSR count). The molecule has 0 spiro atoms. The van der Waals surface area contributed by atoms with E-state index < -0.39 is 0 Å². The summed E-state index contributed by atoms with van der Waals surface area (Å²) in [4.78, 5) is 15.6. The summed E-state index contributed by atoms with van der Waals surface area (Å²) in [7, 11) is 0. The number of hydrogen-bond donors (Lipinski definition) is 1. The molecule has 0 aliphatic rings. The Kier molecular flexibility index (Phi) is 12.3. The third kappa shape index (κ3) is 12.5. The number of hydrogen-bond acceptors (Lipinski definition) is 3. The minimum absolute atomic E-state index is 0.0284. The predicted octanol–water partition coefficient (Wildman–Crippen LogP) is 5.34. The molecule has 1 heterocycles. The van der Waals surface area contributed by atoms with Crippen molar-refractivity contribution < 1.29 is 9.53 Å². The van der Waals surface area contributed by atoms with E-state index in [-0.39, 0.29) is 5.91 Å². The normalized spacial score (nSPS) is 11.5. The number of carbonyl (C=O) groups excluding carboxylic acids is 1. The fourth-order valence-corrected chi connectivity index (χ4v) is 2.31. The molecule has 0 saturated heterocycles. The molecule has 0 saturated carbocycles. The smallest absolute Gasteiger partial charge is 0.243 e. The van der Waals surface area contributed by atoms with Gasteiger partial charge in [0.1, 0.15) is 0 Å². The Morgan fingerprint density at radius 3 is 2.69 bits per heavy atom. The van der Waals surface area contributed by atoms with Crippen LogP contribution in [0.25, 0.3) is 0 Å². The summed E-state index contributed by atoms with van der Waals surface area (Å²) in [6.45, 7) is 5.56. The van der Waals surface area contributed by atoms with Crippen LogP contribution in [0.3, 0.4) is 0 Å². The maximum absolute atomic E-state index is 11.5. The molecule has 4 nitrogen and oxygen atoms in total. The van der Waals surface area contributed by atoms with Crippen molar-refractivity contribution >= 4 is 17.5 Å². The lowest BCUT2D eigenvalue weighted by Crippen LogP contribution is -2.25. The highest BCUT2D eigenvalue weighted by atomic mass is 35.5. The van der Waals surface area contributed by atoms with Gasteiger partial charge in [0.05, 0.1) is 11.6 Å². The molecule has 0 atom stereocenters. The molecule has 0 radical (unpaired) electrons. The minimum Gasteiger partial charge on any atom is -0.478 e. The van der Waals surface area contributed by atoms with Crippen molar-refractivity contribution in [3.63, 3.8) is 0 Å². The van der Waals surface area contributed by atoms with Crippen LogP contribution in [0.4, 0.5) is 0 Å². The average Bonchev–Trinajstić information content (AvgIpc) is 2.62. The summed E-state index contributed by atoms with van der Waals surface area (Å²) in [5.74, 6) is 1.08. The van der Waals surface area contributed by atoms with E-state index in [1.165, 1.54) is 19.3 Å². The maximum Gasteiger partial charge on any atom is 0.243 e. The molecular formula is C21H31ClN2O2. The number of carbonyl (C=O) groups is 1. The van der Waals surface area contributed by atoms with Gasteiger partial charge in [-0.05, 0) is 31.2 Å². The molecule has 0 aromatic carbocycles. The Bertz CT molecular complexity index is 554. The highest BCUT2D eigenvalue weighted by Gasteiger charge is 1.97. The number of halogens is 1. The number of amides is 1. The molecule has 1 N–H and O–H groups in total. The van der Waals surface area contributed by atoms with Crippen molar-refractivity contribution in [1.29, 1.82) is 0 Å². The predicted molar refractivity (Wildman–Crippen MR) is 109 cm³/mol. The fourth-order valence-electron chi connectivity index (χ4n) is 2.20. The van der Waals surface area contributed by atoms with Crippen molar-refractivity contribution in [2.24, 2.45) is 5.92 Å². The van der Waals surface area contributed by atoms with E-state index in [0.717, 1.165) is 19.3 Å². The minimum atomic E-state index is -0.0284. The zero-order valence-electron chi connectivity index (χ0n) is 15.9. The summed E-state index contributed by atoms with van der Waals surface area (Å²) in [5.41, 5.74) is 0. The van der Waals surface area contributed by atoms with Gasteiger partial charge in [0.25, 0.3) is 0 Å². The average molecular weight is 379 g/mol. The number of rotatable bonds is 13. The fraction of sp³-hybridized carbons (Fsp3) is 0.524. The summed E-state index contributed by atoms with van der Waals surface area (Å²) >= 11 is 5.78. The Hall–Kier alpha value is -1.81. The number of nitrogens with one attached hydrogen (secondary N) is 1. The molecule has 5 heteroatoms. The van der Waals surface area contributed by atoms with Crippen molar-refractivity contribution in [3.05, 3.63) is 47.7 Å². The van der Waals surface area contributed by atoms with E-state index >= 15 is 0 Å². The topological polar surface area (TPSA) is 51.2 Å². The summed E-state index contributed by atoms with van der Waals surface area (Å²) < 4.78 is 5.56.